The summed E-state index contributed by atoms with van der Waals surface area (Å²) in [5, 5.41) is 3.54. The Morgan fingerprint density at radius 3 is 2.55 bits per heavy atom. The van der Waals surface area contributed by atoms with Crippen LogP contribution in [0.2, 0.25) is 4.34 Å². The Morgan fingerprint density at radius 2 is 1.95 bits per heavy atom. The molecule has 0 amide bonds. The van der Waals surface area contributed by atoms with Crippen molar-refractivity contribution in [3.8, 4) is 0 Å². The lowest BCUT2D eigenvalue weighted by molar-refractivity contribution is 0.579. The van der Waals surface area contributed by atoms with Gasteiger partial charge in [0.1, 0.15) is 0 Å². The van der Waals surface area contributed by atoms with Gasteiger partial charge in [0.05, 0.1) is 4.34 Å². The third-order valence-electron chi connectivity index (χ3n) is 3.24. The van der Waals surface area contributed by atoms with Crippen LogP contribution in [0.4, 0.5) is 0 Å². The van der Waals surface area contributed by atoms with Gasteiger partial charge in [-0.2, -0.15) is 0 Å². The van der Waals surface area contributed by atoms with Crippen molar-refractivity contribution in [2.75, 3.05) is 13.1 Å². The third-order valence-corrected chi connectivity index (χ3v) is 5.02. The first-order valence-corrected chi connectivity index (χ1v) is 8.88. The van der Waals surface area contributed by atoms with E-state index in [-0.39, 0.29) is 0 Å². The van der Waals surface area contributed by atoms with E-state index < -0.39 is 0 Å². The molecule has 4 heteroatoms. The molecule has 20 heavy (non-hydrogen) atoms. The molecule has 2 aromatic rings. The molecular weight excluding hydrogens is 354 g/mol. The third kappa shape index (κ3) is 4.88. The Kier molecular flexibility index (Phi) is 6.56. The maximum atomic E-state index is 6.03. The van der Waals surface area contributed by atoms with Crippen molar-refractivity contribution in [2.24, 2.45) is 0 Å². The molecule has 2 rings (SSSR count). The van der Waals surface area contributed by atoms with Crippen LogP contribution in [-0.4, -0.2) is 13.1 Å². The van der Waals surface area contributed by atoms with Gasteiger partial charge in [0.25, 0.3) is 0 Å². The van der Waals surface area contributed by atoms with E-state index in [1.54, 1.807) is 11.3 Å². The van der Waals surface area contributed by atoms with Crippen LogP contribution in [0, 0.1) is 0 Å². The van der Waals surface area contributed by atoms with Gasteiger partial charge in [-0.1, -0.05) is 46.6 Å². The van der Waals surface area contributed by atoms with Crippen LogP contribution < -0.4 is 5.32 Å². The molecule has 0 aliphatic heterocycles. The van der Waals surface area contributed by atoms with E-state index in [4.69, 9.17) is 11.6 Å². The fourth-order valence-corrected chi connectivity index (χ4v) is 3.63. The molecule has 1 aromatic heterocycles. The van der Waals surface area contributed by atoms with Crippen molar-refractivity contribution in [3.63, 3.8) is 0 Å². The second kappa shape index (κ2) is 8.18. The lowest BCUT2D eigenvalue weighted by Gasteiger charge is -2.17. The number of nitrogens with one attached hydrogen (secondary N) is 1. The van der Waals surface area contributed by atoms with Crippen LogP contribution >= 0.6 is 38.9 Å². The minimum Gasteiger partial charge on any atom is -0.316 e. The van der Waals surface area contributed by atoms with Gasteiger partial charge in [-0.25, -0.2) is 0 Å². The average Bonchev–Trinajstić information content (AvgIpc) is 2.84. The number of hydrogen-bond acceptors (Lipinski definition) is 2. The second-order valence-corrected chi connectivity index (χ2v) is 7.58. The molecule has 0 aliphatic carbocycles. The Labute approximate surface area is 138 Å². The largest absolute Gasteiger partial charge is 0.316 e. The van der Waals surface area contributed by atoms with E-state index in [9.17, 15) is 0 Å². The summed E-state index contributed by atoms with van der Waals surface area (Å²) in [6.45, 7) is 4.27. The number of halogens is 2. The van der Waals surface area contributed by atoms with E-state index in [0.29, 0.717) is 5.92 Å². The zero-order valence-electron chi connectivity index (χ0n) is 11.5. The molecular formula is C16H19BrClNS. The lowest BCUT2D eigenvalue weighted by atomic mass is 9.95. The standard InChI is InChI=1S/C16H19BrClNS/c1-2-9-19-11-13(10-15-7-8-16(18)20-15)12-3-5-14(17)6-4-12/h3-8,13,19H,2,9-11H2,1H3. The molecule has 0 saturated heterocycles. The topological polar surface area (TPSA) is 12.0 Å². The summed E-state index contributed by atoms with van der Waals surface area (Å²) in [7, 11) is 0. The molecule has 1 nitrogen and oxygen atoms in total. The van der Waals surface area contributed by atoms with Crippen molar-refractivity contribution < 1.29 is 0 Å². The summed E-state index contributed by atoms with van der Waals surface area (Å²) < 4.78 is 2.00. The molecule has 1 atom stereocenters. The molecule has 0 aliphatic rings. The Balaban J connectivity index is 2.09. The van der Waals surface area contributed by atoms with Gasteiger partial charge in [0.2, 0.25) is 0 Å². The summed E-state index contributed by atoms with van der Waals surface area (Å²) in [4.78, 5) is 1.35. The van der Waals surface area contributed by atoms with E-state index in [2.05, 4.69) is 58.5 Å². The van der Waals surface area contributed by atoms with Crippen LogP contribution in [0.5, 0.6) is 0 Å². The highest BCUT2D eigenvalue weighted by molar-refractivity contribution is 9.10. The lowest BCUT2D eigenvalue weighted by Crippen LogP contribution is -2.23. The fourth-order valence-electron chi connectivity index (χ4n) is 2.20. The highest BCUT2D eigenvalue weighted by Crippen LogP contribution is 2.28. The number of benzene rings is 1. The summed E-state index contributed by atoms with van der Waals surface area (Å²) in [5.74, 6) is 0.490. The molecule has 0 radical (unpaired) electrons. The molecule has 1 heterocycles. The predicted molar refractivity (Wildman–Crippen MR) is 93.1 cm³/mol. The Morgan fingerprint density at radius 1 is 1.20 bits per heavy atom. The summed E-state index contributed by atoms with van der Waals surface area (Å²) in [5.41, 5.74) is 1.38. The molecule has 0 saturated carbocycles. The minimum atomic E-state index is 0.490. The van der Waals surface area contributed by atoms with Gasteiger partial charge < -0.3 is 5.32 Å². The Bertz CT molecular complexity index is 524. The minimum absolute atomic E-state index is 0.490. The molecule has 0 fully saturated rings. The van der Waals surface area contributed by atoms with Gasteiger partial charge in [0.15, 0.2) is 0 Å². The highest BCUT2D eigenvalue weighted by atomic mass is 79.9. The smallest absolute Gasteiger partial charge is 0.0931 e. The SMILES string of the molecule is CCCNCC(Cc1ccc(Cl)s1)c1ccc(Br)cc1. The maximum Gasteiger partial charge on any atom is 0.0931 e. The zero-order valence-corrected chi connectivity index (χ0v) is 14.7. The molecule has 0 bridgehead atoms. The number of rotatable bonds is 7. The number of hydrogen-bond donors (Lipinski definition) is 1. The number of thiophene rings is 1. The fraction of sp³-hybridized carbons (Fsp3) is 0.375. The van der Waals surface area contributed by atoms with Gasteiger partial charge in [-0.15, -0.1) is 11.3 Å². The van der Waals surface area contributed by atoms with Gasteiger partial charge in [0, 0.05) is 21.8 Å². The molecule has 1 N–H and O–H groups in total. The second-order valence-electron chi connectivity index (χ2n) is 4.86. The average molecular weight is 373 g/mol. The van der Waals surface area contributed by atoms with E-state index in [1.807, 2.05) is 6.07 Å². The van der Waals surface area contributed by atoms with Crippen LogP contribution in [0.3, 0.4) is 0 Å². The molecule has 0 spiro atoms. The van der Waals surface area contributed by atoms with Crippen LogP contribution in [-0.2, 0) is 6.42 Å². The normalized spacial score (nSPS) is 12.6. The molecule has 1 unspecified atom stereocenters. The first-order chi connectivity index (χ1) is 9.69. The van der Waals surface area contributed by atoms with Crippen LogP contribution in [0.1, 0.15) is 29.7 Å². The summed E-state index contributed by atoms with van der Waals surface area (Å²) >= 11 is 11.2. The van der Waals surface area contributed by atoms with E-state index >= 15 is 0 Å². The highest BCUT2D eigenvalue weighted by Gasteiger charge is 2.13. The van der Waals surface area contributed by atoms with E-state index in [1.165, 1.54) is 10.4 Å². The first kappa shape index (κ1) is 16.0. The molecule has 1 aromatic carbocycles. The van der Waals surface area contributed by atoms with Crippen molar-refractivity contribution in [1.82, 2.24) is 5.32 Å². The quantitative estimate of drug-likeness (QED) is 0.634. The van der Waals surface area contributed by atoms with E-state index in [0.717, 1.165) is 34.7 Å². The van der Waals surface area contributed by atoms with Gasteiger partial charge >= 0.3 is 0 Å². The predicted octanol–water partition coefficient (Wildman–Crippen LogP) is 5.49. The van der Waals surface area contributed by atoms with Gasteiger partial charge in [-0.3, -0.25) is 0 Å². The maximum absolute atomic E-state index is 6.03. The van der Waals surface area contributed by atoms with Crippen molar-refractivity contribution in [3.05, 3.63) is 55.6 Å². The first-order valence-electron chi connectivity index (χ1n) is 6.89. The van der Waals surface area contributed by atoms with Crippen molar-refractivity contribution in [2.45, 2.75) is 25.7 Å². The summed E-state index contributed by atoms with van der Waals surface area (Å²) in [6, 6.07) is 12.8. The van der Waals surface area contributed by atoms with Crippen molar-refractivity contribution in [1.29, 1.82) is 0 Å². The summed E-state index contributed by atoms with van der Waals surface area (Å²) in [6.07, 6.45) is 2.20. The zero-order chi connectivity index (χ0) is 14.4. The van der Waals surface area contributed by atoms with Gasteiger partial charge in [-0.05, 0) is 49.2 Å². The van der Waals surface area contributed by atoms with Crippen molar-refractivity contribution >= 4 is 38.9 Å². The van der Waals surface area contributed by atoms with Crippen LogP contribution in [0.15, 0.2) is 40.9 Å². The monoisotopic (exact) mass is 371 g/mol. The molecule has 108 valence electrons. The van der Waals surface area contributed by atoms with Crippen LogP contribution in [0.25, 0.3) is 0 Å². The Hall–Kier alpha value is -0.350.